The molecule has 2 heterocycles. The van der Waals surface area contributed by atoms with E-state index < -0.39 is 0 Å². The highest BCUT2D eigenvalue weighted by atomic mass is 16.5. The van der Waals surface area contributed by atoms with Gasteiger partial charge in [-0.1, -0.05) is 12.1 Å². The average molecular weight is 252 g/mol. The number of ether oxygens (including phenoxy) is 1. The maximum atomic E-state index is 5.38. The van der Waals surface area contributed by atoms with Gasteiger partial charge >= 0.3 is 0 Å². The molecule has 3 aromatic rings. The van der Waals surface area contributed by atoms with Crippen molar-refractivity contribution < 1.29 is 4.74 Å². The Labute approximate surface area is 112 Å². The first kappa shape index (κ1) is 11.8. The van der Waals surface area contributed by atoms with Crippen LogP contribution in [0.25, 0.3) is 10.9 Å². The summed E-state index contributed by atoms with van der Waals surface area (Å²) in [6.07, 6.45) is 4.88. The Morgan fingerprint density at radius 2 is 2.05 bits per heavy atom. The third-order valence-electron chi connectivity index (χ3n) is 3.33. The highest BCUT2D eigenvalue weighted by Gasteiger charge is 2.05. The van der Waals surface area contributed by atoms with Crippen molar-refractivity contribution in [2.24, 2.45) is 0 Å². The molecule has 0 amide bonds. The van der Waals surface area contributed by atoms with Crippen LogP contribution < -0.4 is 4.74 Å². The third-order valence-corrected chi connectivity index (χ3v) is 3.33. The first-order valence-electron chi connectivity index (χ1n) is 6.40. The van der Waals surface area contributed by atoms with Crippen molar-refractivity contribution in [2.45, 2.75) is 13.0 Å². The summed E-state index contributed by atoms with van der Waals surface area (Å²) in [4.78, 5) is 4.35. The molecule has 3 heteroatoms. The average Bonchev–Trinajstić information content (AvgIpc) is 2.89. The number of rotatable bonds is 4. The molecule has 0 aliphatic heterocycles. The lowest BCUT2D eigenvalue weighted by atomic mass is 10.2. The molecule has 0 radical (unpaired) electrons. The van der Waals surface area contributed by atoms with E-state index in [0.717, 1.165) is 29.8 Å². The second-order valence-corrected chi connectivity index (χ2v) is 4.47. The lowest BCUT2D eigenvalue weighted by molar-refractivity contribution is 0.420. The Morgan fingerprint density at radius 3 is 2.84 bits per heavy atom. The van der Waals surface area contributed by atoms with Gasteiger partial charge in [-0.25, -0.2) is 0 Å². The number of aryl methyl sites for hydroxylation is 2. The molecule has 0 aliphatic rings. The van der Waals surface area contributed by atoms with E-state index in [-0.39, 0.29) is 0 Å². The van der Waals surface area contributed by atoms with Gasteiger partial charge in [0.1, 0.15) is 5.75 Å². The van der Waals surface area contributed by atoms with E-state index in [9.17, 15) is 0 Å². The number of hydrogen-bond donors (Lipinski definition) is 0. The van der Waals surface area contributed by atoms with Gasteiger partial charge in [-0.15, -0.1) is 0 Å². The molecule has 0 saturated heterocycles. The van der Waals surface area contributed by atoms with Crippen molar-refractivity contribution in [2.75, 3.05) is 7.11 Å². The highest BCUT2D eigenvalue weighted by molar-refractivity contribution is 5.86. The highest BCUT2D eigenvalue weighted by Crippen LogP contribution is 2.26. The van der Waals surface area contributed by atoms with Crippen molar-refractivity contribution in [1.82, 2.24) is 9.55 Å². The zero-order chi connectivity index (χ0) is 13.1. The molecule has 1 aromatic carbocycles. The Kier molecular flexibility index (Phi) is 3.19. The second kappa shape index (κ2) is 5.14. The number of benzene rings is 1. The molecule has 0 N–H and O–H groups in total. The van der Waals surface area contributed by atoms with Crippen LogP contribution in [0.4, 0.5) is 0 Å². The van der Waals surface area contributed by atoms with Crippen LogP contribution in [0, 0.1) is 0 Å². The van der Waals surface area contributed by atoms with Gasteiger partial charge in [0.15, 0.2) is 0 Å². The van der Waals surface area contributed by atoms with Crippen LogP contribution in [0.5, 0.6) is 5.75 Å². The molecule has 0 aliphatic carbocycles. The summed E-state index contributed by atoms with van der Waals surface area (Å²) in [5.74, 6) is 0.925. The predicted octanol–water partition coefficient (Wildman–Crippen LogP) is 3.29. The van der Waals surface area contributed by atoms with Gasteiger partial charge in [-0.3, -0.25) is 4.98 Å². The van der Waals surface area contributed by atoms with Crippen LogP contribution in [0.15, 0.2) is 54.9 Å². The van der Waals surface area contributed by atoms with Crippen LogP contribution >= 0.6 is 0 Å². The van der Waals surface area contributed by atoms with Crippen molar-refractivity contribution in [3.8, 4) is 5.75 Å². The van der Waals surface area contributed by atoms with Gasteiger partial charge in [0, 0.05) is 36.4 Å². The standard InChI is InChI=1S/C16H16N2O/c1-19-16-7-4-6-15-14(16)9-12-18(15)11-8-13-5-2-3-10-17-13/h2-7,9-10,12H,8,11H2,1H3. The molecule has 0 saturated carbocycles. The van der Waals surface area contributed by atoms with Gasteiger partial charge in [0.25, 0.3) is 0 Å². The second-order valence-electron chi connectivity index (χ2n) is 4.47. The van der Waals surface area contributed by atoms with Gasteiger partial charge < -0.3 is 9.30 Å². The lowest BCUT2D eigenvalue weighted by Crippen LogP contribution is -2.01. The fourth-order valence-electron chi connectivity index (χ4n) is 2.35. The number of pyridine rings is 1. The molecular weight excluding hydrogens is 236 g/mol. The molecule has 3 rings (SSSR count). The topological polar surface area (TPSA) is 27.1 Å². The minimum Gasteiger partial charge on any atom is -0.496 e. The van der Waals surface area contributed by atoms with Gasteiger partial charge in [0.05, 0.1) is 12.6 Å². The summed E-state index contributed by atoms with van der Waals surface area (Å²) >= 11 is 0. The van der Waals surface area contributed by atoms with Crippen LogP contribution in [0.1, 0.15) is 5.69 Å². The molecule has 3 nitrogen and oxygen atoms in total. The molecule has 0 bridgehead atoms. The smallest absolute Gasteiger partial charge is 0.128 e. The monoisotopic (exact) mass is 252 g/mol. The summed E-state index contributed by atoms with van der Waals surface area (Å²) in [7, 11) is 1.71. The summed E-state index contributed by atoms with van der Waals surface area (Å²) in [5.41, 5.74) is 2.32. The Bertz CT molecular complexity index is 674. The Morgan fingerprint density at radius 1 is 1.11 bits per heavy atom. The van der Waals surface area contributed by atoms with E-state index in [0.29, 0.717) is 0 Å². The first-order chi connectivity index (χ1) is 9.38. The first-order valence-corrected chi connectivity index (χ1v) is 6.40. The van der Waals surface area contributed by atoms with Gasteiger partial charge in [-0.2, -0.15) is 0 Å². The maximum Gasteiger partial charge on any atom is 0.128 e. The van der Waals surface area contributed by atoms with E-state index in [1.165, 1.54) is 5.52 Å². The summed E-state index contributed by atoms with van der Waals surface area (Å²) in [6, 6.07) is 14.3. The molecule has 2 aromatic heterocycles. The fourth-order valence-corrected chi connectivity index (χ4v) is 2.35. The maximum absolute atomic E-state index is 5.38. The lowest BCUT2D eigenvalue weighted by Gasteiger charge is -2.06. The zero-order valence-electron chi connectivity index (χ0n) is 10.9. The Balaban J connectivity index is 1.86. The van der Waals surface area contributed by atoms with Crippen LogP contribution in [-0.4, -0.2) is 16.7 Å². The Hall–Kier alpha value is -2.29. The largest absolute Gasteiger partial charge is 0.496 e. The van der Waals surface area contributed by atoms with E-state index in [1.807, 2.05) is 30.5 Å². The molecule has 0 atom stereocenters. The number of hydrogen-bond acceptors (Lipinski definition) is 2. The van der Waals surface area contributed by atoms with Gasteiger partial charge in [-0.05, 0) is 30.3 Å². The number of aromatic nitrogens is 2. The van der Waals surface area contributed by atoms with Crippen molar-refractivity contribution in [3.05, 3.63) is 60.6 Å². The molecule has 19 heavy (non-hydrogen) atoms. The predicted molar refractivity (Wildman–Crippen MR) is 76.4 cm³/mol. The minimum absolute atomic E-state index is 0.924. The molecule has 0 fully saturated rings. The van der Waals surface area contributed by atoms with Crippen molar-refractivity contribution in [1.29, 1.82) is 0 Å². The van der Waals surface area contributed by atoms with Crippen LogP contribution in [-0.2, 0) is 13.0 Å². The van der Waals surface area contributed by atoms with E-state index in [2.05, 4.69) is 33.9 Å². The molecule has 0 unspecified atom stereocenters. The normalized spacial score (nSPS) is 10.8. The van der Waals surface area contributed by atoms with Crippen molar-refractivity contribution in [3.63, 3.8) is 0 Å². The van der Waals surface area contributed by atoms with Gasteiger partial charge in [0.2, 0.25) is 0 Å². The quantitative estimate of drug-likeness (QED) is 0.712. The van der Waals surface area contributed by atoms with E-state index >= 15 is 0 Å². The molecule has 0 spiro atoms. The number of fused-ring (bicyclic) bond motifs is 1. The van der Waals surface area contributed by atoms with E-state index in [4.69, 9.17) is 4.74 Å². The summed E-state index contributed by atoms with van der Waals surface area (Å²) in [5, 5.41) is 1.16. The third kappa shape index (κ3) is 2.32. The van der Waals surface area contributed by atoms with E-state index in [1.54, 1.807) is 7.11 Å². The minimum atomic E-state index is 0.924. The van der Waals surface area contributed by atoms with Crippen molar-refractivity contribution >= 4 is 10.9 Å². The summed E-state index contributed by atoms with van der Waals surface area (Å²) < 4.78 is 7.62. The molecular formula is C16H16N2O. The number of nitrogens with zero attached hydrogens (tertiary/aromatic N) is 2. The fraction of sp³-hybridized carbons (Fsp3) is 0.188. The van der Waals surface area contributed by atoms with Crippen LogP contribution in [0.3, 0.4) is 0 Å². The van der Waals surface area contributed by atoms with Crippen LogP contribution in [0.2, 0.25) is 0 Å². The SMILES string of the molecule is COc1cccc2c1ccn2CCc1ccccn1. The number of methoxy groups -OCH3 is 1. The molecule has 96 valence electrons. The zero-order valence-corrected chi connectivity index (χ0v) is 10.9. The summed E-state index contributed by atoms with van der Waals surface area (Å²) in [6.45, 7) is 0.924.